The van der Waals surface area contributed by atoms with Crippen molar-refractivity contribution in [1.82, 2.24) is 10.6 Å². The fourth-order valence-electron chi connectivity index (χ4n) is 2.40. The van der Waals surface area contributed by atoms with Gasteiger partial charge in [0.1, 0.15) is 11.3 Å². The molecule has 1 heterocycles. The molecule has 0 aliphatic carbocycles. The summed E-state index contributed by atoms with van der Waals surface area (Å²) < 4.78 is 6.21. The number of halogens is 2. The standard InChI is InChI=1S/C19H13BrClN3O5/c20-11-1-6-15(29-9-16(25)22-13-4-2-12(21)3-5-13)10(7-11)8-14-17(26)23-19(28)24-18(14)27/h1-8H,9H2,(H,22,25)(H2,23,24,26,27,28). The molecule has 3 rings (SSSR count). The second-order valence-corrected chi connectivity index (χ2v) is 7.17. The van der Waals surface area contributed by atoms with E-state index in [9.17, 15) is 19.2 Å². The van der Waals surface area contributed by atoms with Gasteiger partial charge in [0.15, 0.2) is 6.61 Å². The van der Waals surface area contributed by atoms with E-state index in [1.54, 1.807) is 42.5 Å². The average molecular weight is 479 g/mol. The van der Waals surface area contributed by atoms with Crippen molar-refractivity contribution in [2.45, 2.75) is 0 Å². The second-order valence-electron chi connectivity index (χ2n) is 5.82. The molecule has 0 spiro atoms. The van der Waals surface area contributed by atoms with Gasteiger partial charge in [0.2, 0.25) is 0 Å². The maximum atomic E-state index is 12.1. The zero-order valence-corrected chi connectivity index (χ0v) is 17.0. The molecule has 1 saturated heterocycles. The van der Waals surface area contributed by atoms with E-state index in [-0.39, 0.29) is 17.9 Å². The Kier molecular flexibility index (Phi) is 6.30. The number of benzene rings is 2. The Bertz CT molecular complexity index is 1010. The van der Waals surface area contributed by atoms with Gasteiger partial charge in [0.25, 0.3) is 17.7 Å². The summed E-state index contributed by atoms with van der Waals surface area (Å²) in [5.74, 6) is -1.80. The Labute approximate surface area is 178 Å². The van der Waals surface area contributed by atoms with Gasteiger partial charge in [-0.15, -0.1) is 0 Å². The van der Waals surface area contributed by atoms with Crippen LogP contribution in [0.2, 0.25) is 5.02 Å². The van der Waals surface area contributed by atoms with Crippen molar-refractivity contribution in [3.8, 4) is 5.75 Å². The molecule has 0 bridgehead atoms. The summed E-state index contributed by atoms with van der Waals surface area (Å²) in [6, 6.07) is 10.6. The second kappa shape index (κ2) is 8.89. The molecule has 1 aliphatic heterocycles. The monoisotopic (exact) mass is 477 g/mol. The van der Waals surface area contributed by atoms with Crippen molar-refractivity contribution in [2.75, 3.05) is 11.9 Å². The van der Waals surface area contributed by atoms with Crippen LogP contribution in [0.3, 0.4) is 0 Å². The summed E-state index contributed by atoms with van der Waals surface area (Å²) >= 11 is 9.11. The minimum absolute atomic E-state index is 0.266. The number of rotatable bonds is 5. The average Bonchev–Trinajstić information content (AvgIpc) is 2.66. The van der Waals surface area contributed by atoms with Crippen LogP contribution < -0.4 is 20.7 Å². The van der Waals surface area contributed by atoms with Gasteiger partial charge in [-0.3, -0.25) is 25.0 Å². The number of urea groups is 1. The summed E-state index contributed by atoms with van der Waals surface area (Å²) in [4.78, 5) is 47.1. The first-order valence-electron chi connectivity index (χ1n) is 8.18. The number of hydrogen-bond donors (Lipinski definition) is 3. The molecule has 2 aromatic carbocycles. The number of nitrogens with one attached hydrogen (secondary N) is 3. The van der Waals surface area contributed by atoms with Crippen molar-refractivity contribution >= 4 is 63.0 Å². The SMILES string of the molecule is O=C(COc1ccc(Br)cc1C=C1C(=O)NC(=O)NC1=O)Nc1ccc(Cl)cc1. The third-order valence-corrected chi connectivity index (χ3v) is 4.45. The number of ether oxygens (including phenoxy) is 1. The summed E-state index contributed by atoms with van der Waals surface area (Å²) in [7, 11) is 0. The zero-order chi connectivity index (χ0) is 21.0. The van der Waals surface area contributed by atoms with Crippen molar-refractivity contribution in [3.05, 3.63) is 63.1 Å². The molecular weight excluding hydrogens is 466 g/mol. The molecule has 148 valence electrons. The Morgan fingerprint density at radius 3 is 2.38 bits per heavy atom. The Morgan fingerprint density at radius 1 is 1.07 bits per heavy atom. The maximum Gasteiger partial charge on any atom is 0.328 e. The minimum Gasteiger partial charge on any atom is -0.483 e. The van der Waals surface area contributed by atoms with E-state index in [1.165, 1.54) is 6.08 Å². The highest BCUT2D eigenvalue weighted by atomic mass is 79.9. The van der Waals surface area contributed by atoms with Crippen LogP contribution in [0, 0.1) is 0 Å². The van der Waals surface area contributed by atoms with E-state index in [0.717, 1.165) is 0 Å². The van der Waals surface area contributed by atoms with E-state index in [0.29, 0.717) is 20.7 Å². The highest BCUT2D eigenvalue weighted by molar-refractivity contribution is 9.10. The quantitative estimate of drug-likeness (QED) is 0.452. The predicted octanol–water partition coefficient (Wildman–Crippen LogP) is 2.87. The third kappa shape index (κ3) is 5.43. The molecule has 5 amide bonds. The molecule has 0 saturated carbocycles. The molecule has 0 atom stereocenters. The largest absolute Gasteiger partial charge is 0.483 e. The number of anilines is 1. The third-order valence-electron chi connectivity index (χ3n) is 3.70. The lowest BCUT2D eigenvalue weighted by Crippen LogP contribution is -2.51. The fraction of sp³-hybridized carbons (Fsp3) is 0.0526. The predicted molar refractivity (Wildman–Crippen MR) is 109 cm³/mol. The van der Waals surface area contributed by atoms with Crippen LogP contribution in [-0.4, -0.2) is 30.4 Å². The van der Waals surface area contributed by atoms with Gasteiger partial charge in [-0.25, -0.2) is 4.79 Å². The van der Waals surface area contributed by atoms with E-state index < -0.39 is 23.8 Å². The van der Waals surface area contributed by atoms with Crippen molar-refractivity contribution in [2.24, 2.45) is 0 Å². The van der Waals surface area contributed by atoms with E-state index >= 15 is 0 Å². The number of carbonyl (C=O) groups excluding carboxylic acids is 4. The molecular formula is C19H13BrClN3O5. The molecule has 2 aromatic rings. The topological polar surface area (TPSA) is 114 Å². The minimum atomic E-state index is -0.887. The van der Waals surface area contributed by atoms with Gasteiger partial charge in [0, 0.05) is 20.7 Å². The number of amides is 5. The number of imide groups is 2. The van der Waals surface area contributed by atoms with Crippen LogP contribution in [0.4, 0.5) is 10.5 Å². The molecule has 8 nitrogen and oxygen atoms in total. The van der Waals surface area contributed by atoms with Crippen LogP contribution in [0.1, 0.15) is 5.56 Å². The van der Waals surface area contributed by atoms with Crippen molar-refractivity contribution < 1.29 is 23.9 Å². The first-order chi connectivity index (χ1) is 13.8. The number of hydrogen-bond acceptors (Lipinski definition) is 5. The van der Waals surface area contributed by atoms with E-state index in [1.807, 2.05) is 10.6 Å². The van der Waals surface area contributed by atoms with Gasteiger partial charge < -0.3 is 10.1 Å². The summed E-state index contributed by atoms with van der Waals surface area (Å²) in [6.07, 6.45) is 1.27. The van der Waals surface area contributed by atoms with Crippen LogP contribution in [-0.2, 0) is 14.4 Å². The van der Waals surface area contributed by atoms with Crippen LogP contribution >= 0.6 is 27.5 Å². The molecule has 0 radical (unpaired) electrons. The Balaban J connectivity index is 1.75. The van der Waals surface area contributed by atoms with Crippen LogP contribution in [0.25, 0.3) is 6.08 Å². The fourth-order valence-corrected chi connectivity index (χ4v) is 2.90. The van der Waals surface area contributed by atoms with E-state index in [2.05, 4.69) is 21.2 Å². The summed E-state index contributed by atoms with van der Waals surface area (Å²) in [5.41, 5.74) is 0.660. The van der Waals surface area contributed by atoms with Crippen LogP contribution in [0.5, 0.6) is 5.75 Å². The lowest BCUT2D eigenvalue weighted by Gasteiger charge is -2.15. The van der Waals surface area contributed by atoms with Gasteiger partial charge >= 0.3 is 6.03 Å². The van der Waals surface area contributed by atoms with Gasteiger partial charge in [-0.1, -0.05) is 27.5 Å². The van der Waals surface area contributed by atoms with Gasteiger partial charge in [0.05, 0.1) is 0 Å². The van der Waals surface area contributed by atoms with Crippen molar-refractivity contribution in [3.63, 3.8) is 0 Å². The zero-order valence-electron chi connectivity index (χ0n) is 14.6. The first kappa shape index (κ1) is 20.6. The molecule has 0 unspecified atom stereocenters. The highest BCUT2D eigenvalue weighted by Crippen LogP contribution is 2.26. The van der Waals surface area contributed by atoms with Gasteiger partial charge in [-0.05, 0) is 48.5 Å². The van der Waals surface area contributed by atoms with Crippen LogP contribution in [0.15, 0.2) is 52.5 Å². The summed E-state index contributed by atoms with van der Waals surface area (Å²) in [5, 5.41) is 7.19. The normalized spacial score (nSPS) is 13.4. The molecule has 0 aromatic heterocycles. The first-order valence-corrected chi connectivity index (χ1v) is 9.35. The maximum absolute atomic E-state index is 12.1. The van der Waals surface area contributed by atoms with E-state index in [4.69, 9.17) is 16.3 Å². The molecule has 29 heavy (non-hydrogen) atoms. The molecule has 10 heteroatoms. The smallest absolute Gasteiger partial charge is 0.328 e. The lowest BCUT2D eigenvalue weighted by molar-refractivity contribution is -0.124. The Morgan fingerprint density at radius 2 is 1.72 bits per heavy atom. The summed E-state index contributed by atoms with van der Waals surface area (Å²) in [6.45, 7) is -0.308. The lowest BCUT2D eigenvalue weighted by atomic mass is 10.1. The number of barbiturate groups is 1. The Hall–Kier alpha value is -3.17. The molecule has 1 aliphatic rings. The van der Waals surface area contributed by atoms with Crippen molar-refractivity contribution in [1.29, 1.82) is 0 Å². The van der Waals surface area contributed by atoms with Gasteiger partial charge in [-0.2, -0.15) is 0 Å². The molecule has 1 fully saturated rings. The molecule has 3 N–H and O–H groups in total. The number of carbonyl (C=O) groups is 4. The highest BCUT2D eigenvalue weighted by Gasteiger charge is 2.28.